The first kappa shape index (κ1) is 76.6. The van der Waals surface area contributed by atoms with Crippen molar-refractivity contribution in [2.75, 3.05) is 13.2 Å². The number of aliphatic hydroxyl groups is 5. The minimum absolute atomic E-state index is 0.0993. The molecule has 0 spiro atoms. The van der Waals surface area contributed by atoms with Gasteiger partial charge in [0.25, 0.3) is 0 Å². The largest absolute Gasteiger partial charge is 0.454 e. The summed E-state index contributed by atoms with van der Waals surface area (Å²) in [6.45, 7) is 5.67. The first-order valence-corrected chi connectivity index (χ1v) is 33.5. The molecule has 0 saturated carbocycles. The smallest absolute Gasteiger partial charge is 0.306 e. The number of allylic oxidation sites excluding steroid dienone is 15. The van der Waals surface area contributed by atoms with E-state index in [1.165, 1.54) is 109 Å². The number of nitrogens with one attached hydrogen (secondary N) is 1. The van der Waals surface area contributed by atoms with Gasteiger partial charge < -0.3 is 45.1 Å². The van der Waals surface area contributed by atoms with E-state index in [1.807, 2.05) is 6.08 Å². The highest BCUT2D eigenvalue weighted by Crippen LogP contribution is 2.26. The summed E-state index contributed by atoms with van der Waals surface area (Å²) in [7, 11) is 0. The standard InChI is InChI=1S/C71H123NO10/c1-4-7-10-13-16-19-22-25-27-28-29-30-31-32-33-34-35-36-37-38-40-43-46-49-52-55-58-64(75)70(79)72-62(63(74)57-54-51-48-45-42-39-24-21-18-15-12-9-6-3)61-80-71-69(68(78)67(77)65(60-73)81-71)82-66(76)59-56-53-50-47-44-41-26-23-20-17-14-11-8-5-2/h7,10,16,19,25,27,29-30,32-33,35-36,41,44,54,57,62-65,67-69,71,73-75,77-78H,4-6,8-9,11-15,17-18,20-24,26,28,31,34,37-40,42-43,45-53,55-56,58-61H2,1-3H3,(H,72,79)/b10-7-,19-16-,27-25-,30-29-,33-32-,36-35-,44-41-,57-54+. The number of aliphatic hydroxyl groups excluding tert-OH is 5. The van der Waals surface area contributed by atoms with Gasteiger partial charge in [-0.2, -0.15) is 0 Å². The molecule has 8 atom stereocenters. The second kappa shape index (κ2) is 58.0. The third-order valence-electron chi connectivity index (χ3n) is 15.2. The van der Waals surface area contributed by atoms with E-state index >= 15 is 0 Å². The van der Waals surface area contributed by atoms with Crippen molar-refractivity contribution in [2.45, 2.75) is 327 Å². The predicted molar refractivity (Wildman–Crippen MR) is 342 cm³/mol. The summed E-state index contributed by atoms with van der Waals surface area (Å²) in [6.07, 6.45) is 67.3. The lowest BCUT2D eigenvalue weighted by Gasteiger charge is -2.41. The molecule has 0 aromatic carbocycles. The second-order valence-electron chi connectivity index (χ2n) is 22.8. The molecule has 0 bridgehead atoms. The van der Waals surface area contributed by atoms with Crippen LogP contribution in [0.15, 0.2) is 97.2 Å². The molecule has 1 aliphatic heterocycles. The Morgan fingerprint density at radius 3 is 1.33 bits per heavy atom. The van der Waals surface area contributed by atoms with Crippen LogP contribution in [-0.4, -0.2) is 99.6 Å². The van der Waals surface area contributed by atoms with Crippen LogP contribution in [0.2, 0.25) is 0 Å². The zero-order chi connectivity index (χ0) is 59.6. The van der Waals surface area contributed by atoms with Crippen molar-refractivity contribution in [3.63, 3.8) is 0 Å². The molecule has 0 aromatic heterocycles. The molecule has 0 aromatic rings. The highest BCUT2D eigenvalue weighted by atomic mass is 16.7. The molecule has 472 valence electrons. The molecule has 11 heteroatoms. The number of rotatable bonds is 56. The monoisotopic (exact) mass is 1150 g/mol. The van der Waals surface area contributed by atoms with Gasteiger partial charge in [-0.1, -0.05) is 266 Å². The van der Waals surface area contributed by atoms with E-state index in [-0.39, 0.29) is 19.4 Å². The van der Waals surface area contributed by atoms with Gasteiger partial charge >= 0.3 is 5.97 Å². The van der Waals surface area contributed by atoms with E-state index < -0.39 is 67.4 Å². The lowest BCUT2D eigenvalue weighted by atomic mass is 9.99. The van der Waals surface area contributed by atoms with Crippen LogP contribution in [-0.2, 0) is 23.8 Å². The van der Waals surface area contributed by atoms with Gasteiger partial charge in [-0.25, -0.2) is 0 Å². The van der Waals surface area contributed by atoms with E-state index in [0.29, 0.717) is 12.8 Å². The Bertz CT molecular complexity index is 1700. The zero-order valence-electron chi connectivity index (χ0n) is 52.3. The Morgan fingerprint density at radius 2 is 0.878 bits per heavy atom. The Hall–Kier alpha value is -3.42. The third kappa shape index (κ3) is 45.0. The first-order valence-electron chi connectivity index (χ1n) is 33.5. The number of esters is 1. The highest BCUT2D eigenvalue weighted by Gasteiger charge is 2.47. The maximum atomic E-state index is 13.5. The van der Waals surface area contributed by atoms with Gasteiger partial charge in [-0.05, 0) is 103 Å². The Labute approximate surface area is 501 Å². The lowest BCUT2D eigenvalue weighted by molar-refractivity contribution is -0.305. The van der Waals surface area contributed by atoms with Gasteiger partial charge in [0.1, 0.15) is 24.4 Å². The molecule has 1 aliphatic rings. The molecule has 1 saturated heterocycles. The summed E-state index contributed by atoms with van der Waals surface area (Å²) in [6, 6.07) is -1.04. The summed E-state index contributed by atoms with van der Waals surface area (Å²) < 4.78 is 17.6. The van der Waals surface area contributed by atoms with Crippen molar-refractivity contribution in [1.29, 1.82) is 0 Å². The molecule has 6 N–H and O–H groups in total. The van der Waals surface area contributed by atoms with Crippen LogP contribution in [0.5, 0.6) is 0 Å². The summed E-state index contributed by atoms with van der Waals surface area (Å²) in [5.74, 6) is -1.22. The number of carbonyl (C=O) groups is 2. The van der Waals surface area contributed by atoms with Gasteiger partial charge in [-0.3, -0.25) is 9.59 Å². The van der Waals surface area contributed by atoms with E-state index in [0.717, 1.165) is 122 Å². The molecule has 1 heterocycles. The summed E-state index contributed by atoms with van der Waals surface area (Å²) in [5.41, 5.74) is 0. The SMILES string of the molecule is CC/C=C\C/C=C\C/C=C\C/C=C\C/C=C\C/C=C\CCCCCCCCCC(O)C(=O)NC(COC1OC(CO)C(O)C(O)C1OC(=O)CCCCC/C=C\CCCCCCCCC)C(O)/C=C/CCCCCCCCCCCCC. The minimum Gasteiger partial charge on any atom is -0.454 e. The van der Waals surface area contributed by atoms with Gasteiger partial charge in [0, 0.05) is 6.42 Å². The minimum atomic E-state index is -1.62. The van der Waals surface area contributed by atoms with Crippen LogP contribution in [0.4, 0.5) is 0 Å². The number of unbranched alkanes of at least 4 members (excludes halogenated alkanes) is 28. The molecule has 1 rings (SSSR count). The van der Waals surface area contributed by atoms with Crippen LogP contribution < -0.4 is 5.32 Å². The lowest BCUT2D eigenvalue weighted by Crippen LogP contribution is -2.61. The normalized spacial score (nSPS) is 19.2. The summed E-state index contributed by atoms with van der Waals surface area (Å²) in [4.78, 5) is 26.6. The highest BCUT2D eigenvalue weighted by molar-refractivity contribution is 5.80. The number of ether oxygens (including phenoxy) is 3. The van der Waals surface area contributed by atoms with Crippen molar-refractivity contribution < 1.29 is 49.3 Å². The van der Waals surface area contributed by atoms with Gasteiger partial charge in [0.05, 0.1) is 25.4 Å². The van der Waals surface area contributed by atoms with E-state index in [2.05, 4.69) is 111 Å². The number of hydrogen-bond acceptors (Lipinski definition) is 10. The van der Waals surface area contributed by atoms with Crippen LogP contribution in [0.1, 0.15) is 278 Å². The van der Waals surface area contributed by atoms with Crippen molar-refractivity contribution >= 4 is 11.9 Å². The maximum absolute atomic E-state index is 13.5. The molecular weight excluding hydrogens is 1030 g/mol. The number of hydrogen-bond donors (Lipinski definition) is 6. The summed E-state index contributed by atoms with van der Waals surface area (Å²) in [5, 5.41) is 57.1. The predicted octanol–water partition coefficient (Wildman–Crippen LogP) is 16.7. The average molecular weight is 1150 g/mol. The Kier molecular flexibility index (Phi) is 54.2. The maximum Gasteiger partial charge on any atom is 0.306 e. The number of carbonyl (C=O) groups excluding carboxylic acids is 2. The topological polar surface area (TPSA) is 175 Å². The van der Waals surface area contributed by atoms with E-state index in [9.17, 15) is 35.1 Å². The van der Waals surface area contributed by atoms with Crippen molar-refractivity contribution in [3.05, 3.63) is 97.2 Å². The van der Waals surface area contributed by atoms with Gasteiger partial charge in [0.2, 0.25) is 5.91 Å². The fraction of sp³-hybridized carbons (Fsp3) is 0.746. The van der Waals surface area contributed by atoms with Crippen molar-refractivity contribution in [3.8, 4) is 0 Å². The van der Waals surface area contributed by atoms with E-state index in [4.69, 9.17) is 14.2 Å². The molecule has 0 radical (unpaired) electrons. The van der Waals surface area contributed by atoms with Crippen molar-refractivity contribution in [2.24, 2.45) is 0 Å². The van der Waals surface area contributed by atoms with Crippen LogP contribution in [0.25, 0.3) is 0 Å². The molecule has 1 fully saturated rings. The Balaban J connectivity index is 2.63. The Morgan fingerprint density at radius 1 is 0.488 bits per heavy atom. The van der Waals surface area contributed by atoms with Crippen molar-refractivity contribution in [1.82, 2.24) is 5.32 Å². The zero-order valence-corrected chi connectivity index (χ0v) is 52.3. The fourth-order valence-corrected chi connectivity index (χ4v) is 9.94. The third-order valence-corrected chi connectivity index (χ3v) is 15.2. The quantitative estimate of drug-likeness (QED) is 0.0195. The first-order chi connectivity index (χ1) is 40.2. The van der Waals surface area contributed by atoms with Crippen LogP contribution >= 0.6 is 0 Å². The molecular formula is C71H123NO10. The molecule has 8 unspecified atom stereocenters. The fourth-order valence-electron chi connectivity index (χ4n) is 9.94. The summed E-state index contributed by atoms with van der Waals surface area (Å²) >= 11 is 0. The van der Waals surface area contributed by atoms with Gasteiger partial charge in [-0.15, -0.1) is 0 Å². The van der Waals surface area contributed by atoms with Crippen LogP contribution in [0.3, 0.4) is 0 Å². The second-order valence-corrected chi connectivity index (χ2v) is 22.8. The average Bonchev–Trinajstić information content (AvgIpc) is 3.55. The number of amides is 1. The molecule has 11 nitrogen and oxygen atoms in total. The molecule has 0 aliphatic carbocycles. The van der Waals surface area contributed by atoms with Gasteiger partial charge in [0.15, 0.2) is 12.4 Å². The van der Waals surface area contributed by atoms with Crippen LogP contribution in [0, 0.1) is 0 Å². The van der Waals surface area contributed by atoms with E-state index in [1.54, 1.807) is 6.08 Å². The molecule has 82 heavy (non-hydrogen) atoms. The molecule has 1 amide bonds.